The molecular formula is C20H20O2. The fourth-order valence-corrected chi connectivity index (χ4v) is 5.68. The van der Waals surface area contributed by atoms with Crippen LogP contribution in [-0.2, 0) is 17.6 Å². The van der Waals surface area contributed by atoms with Gasteiger partial charge >= 0.3 is 5.97 Å². The lowest BCUT2D eigenvalue weighted by Gasteiger charge is -2.45. The normalized spacial score (nSPS) is 40.6. The molecule has 0 heterocycles. The Kier molecular flexibility index (Phi) is 2.38. The van der Waals surface area contributed by atoms with E-state index < -0.39 is 11.4 Å². The van der Waals surface area contributed by atoms with Gasteiger partial charge in [-0.3, -0.25) is 4.79 Å². The third kappa shape index (κ3) is 1.43. The van der Waals surface area contributed by atoms with Crippen LogP contribution >= 0.6 is 0 Å². The Morgan fingerprint density at radius 3 is 2.77 bits per heavy atom. The van der Waals surface area contributed by atoms with Crippen LogP contribution < -0.4 is 0 Å². The molecule has 5 atom stereocenters. The number of carboxylic acids is 1. The van der Waals surface area contributed by atoms with Gasteiger partial charge in [0.05, 0.1) is 5.41 Å². The lowest BCUT2D eigenvalue weighted by molar-refractivity contribution is -0.150. The van der Waals surface area contributed by atoms with E-state index in [1.54, 1.807) is 0 Å². The van der Waals surface area contributed by atoms with E-state index in [4.69, 9.17) is 0 Å². The minimum Gasteiger partial charge on any atom is -0.481 e. The minimum atomic E-state index is -0.614. The number of carboxylic acid groups (broad SMARTS) is 1. The molecule has 5 rings (SSSR count). The molecule has 4 aliphatic carbocycles. The lowest BCUT2D eigenvalue weighted by Crippen LogP contribution is -2.45. The summed E-state index contributed by atoms with van der Waals surface area (Å²) < 4.78 is 0. The highest BCUT2D eigenvalue weighted by molar-refractivity contribution is 5.80. The second-order valence-electron chi connectivity index (χ2n) is 7.54. The largest absolute Gasteiger partial charge is 0.481 e. The maximum Gasteiger partial charge on any atom is 0.314 e. The zero-order valence-electron chi connectivity index (χ0n) is 12.5. The quantitative estimate of drug-likeness (QED) is 0.803. The fraction of sp³-hybridized carbons (Fsp3) is 0.450. The summed E-state index contributed by atoms with van der Waals surface area (Å²) in [6.45, 7) is 0. The number of fused-ring (bicyclic) bond motifs is 7. The van der Waals surface area contributed by atoms with Crippen molar-refractivity contribution in [3.63, 3.8) is 0 Å². The first kappa shape index (κ1) is 12.7. The smallest absolute Gasteiger partial charge is 0.314 e. The van der Waals surface area contributed by atoms with Crippen molar-refractivity contribution in [2.45, 2.75) is 25.7 Å². The number of aliphatic carboxylic acids is 1. The summed E-state index contributed by atoms with van der Waals surface area (Å²) in [5.41, 5.74) is 3.63. The predicted molar refractivity (Wildman–Crippen MR) is 84.3 cm³/mol. The highest BCUT2D eigenvalue weighted by Gasteiger charge is 2.61. The van der Waals surface area contributed by atoms with Crippen molar-refractivity contribution < 1.29 is 9.90 Å². The van der Waals surface area contributed by atoms with E-state index in [-0.39, 0.29) is 5.92 Å². The van der Waals surface area contributed by atoms with E-state index in [1.807, 2.05) is 0 Å². The van der Waals surface area contributed by atoms with Crippen molar-refractivity contribution in [1.29, 1.82) is 0 Å². The van der Waals surface area contributed by atoms with E-state index in [0.717, 1.165) is 25.7 Å². The third-order valence-electron chi connectivity index (χ3n) is 6.70. The Labute approximate surface area is 130 Å². The van der Waals surface area contributed by atoms with Crippen molar-refractivity contribution in [1.82, 2.24) is 0 Å². The first-order valence-corrected chi connectivity index (χ1v) is 8.38. The fourth-order valence-electron chi connectivity index (χ4n) is 5.68. The molecule has 1 fully saturated rings. The second kappa shape index (κ2) is 4.13. The van der Waals surface area contributed by atoms with Gasteiger partial charge in [0.1, 0.15) is 0 Å². The molecule has 1 aromatic carbocycles. The van der Waals surface area contributed by atoms with Gasteiger partial charge in [-0.25, -0.2) is 0 Å². The average molecular weight is 292 g/mol. The molecule has 2 nitrogen and oxygen atoms in total. The van der Waals surface area contributed by atoms with E-state index in [1.165, 1.54) is 16.7 Å². The molecule has 5 unspecified atom stereocenters. The van der Waals surface area contributed by atoms with E-state index in [0.29, 0.717) is 17.8 Å². The van der Waals surface area contributed by atoms with Crippen molar-refractivity contribution >= 4 is 5.97 Å². The van der Waals surface area contributed by atoms with Crippen LogP contribution in [0.15, 0.2) is 48.1 Å². The first-order chi connectivity index (χ1) is 10.7. The molecule has 2 bridgehead atoms. The van der Waals surface area contributed by atoms with Crippen molar-refractivity contribution in [3.05, 3.63) is 59.2 Å². The van der Waals surface area contributed by atoms with Gasteiger partial charge in [0.2, 0.25) is 0 Å². The summed E-state index contributed by atoms with van der Waals surface area (Å²) in [6, 6.07) is 8.66. The Morgan fingerprint density at radius 2 is 1.95 bits per heavy atom. The van der Waals surface area contributed by atoms with Gasteiger partial charge < -0.3 is 5.11 Å². The zero-order chi connectivity index (χ0) is 14.9. The van der Waals surface area contributed by atoms with Gasteiger partial charge in [0.25, 0.3) is 0 Å². The van der Waals surface area contributed by atoms with Crippen LogP contribution in [0.2, 0.25) is 0 Å². The Morgan fingerprint density at radius 1 is 1.14 bits per heavy atom. The molecule has 1 saturated carbocycles. The summed E-state index contributed by atoms with van der Waals surface area (Å²) in [4.78, 5) is 12.2. The molecule has 4 aliphatic rings. The Bertz CT molecular complexity index is 729. The lowest BCUT2D eigenvalue weighted by atomic mass is 9.58. The van der Waals surface area contributed by atoms with Gasteiger partial charge in [-0.05, 0) is 60.5 Å². The summed E-state index contributed by atoms with van der Waals surface area (Å²) in [6.07, 6.45) is 10.8. The first-order valence-electron chi connectivity index (χ1n) is 8.38. The number of rotatable bonds is 1. The van der Waals surface area contributed by atoms with Crippen LogP contribution in [0.4, 0.5) is 0 Å². The van der Waals surface area contributed by atoms with Crippen LogP contribution in [-0.4, -0.2) is 11.1 Å². The molecule has 0 amide bonds. The molecule has 1 aromatic rings. The van der Waals surface area contributed by atoms with Gasteiger partial charge in [-0.1, -0.05) is 48.1 Å². The minimum absolute atomic E-state index is 0.214. The van der Waals surface area contributed by atoms with Crippen molar-refractivity contribution in [2.24, 2.45) is 29.1 Å². The predicted octanol–water partition coefficient (Wildman–Crippen LogP) is 3.62. The summed E-state index contributed by atoms with van der Waals surface area (Å²) in [5.74, 6) is 0.958. The van der Waals surface area contributed by atoms with Crippen LogP contribution in [0.5, 0.6) is 0 Å². The summed E-state index contributed by atoms with van der Waals surface area (Å²) >= 11 is 0. The van der Waals surface area contributed by atoms with Crippen LogP contribution in [0.25, 0.3) is 0 Å². The monoisotopic (exact) mass is 292 g/mol. The molecule has 0 spiro atoms. The molecule has 112 valence electrons. The SMILES string of the molecule is O=C(O)C12C=C3Cc4ccccc4CC3CC1C1C=CC2C1. The third-order valence-corrected chi connectivity index (χ3v) is 6.70. The average Bonchev–Trinajstić information content (AvgIpc) is 3.11. The molecule has 0 radical (unpaired) electrons. The summed E-state index contributed by atoms with van der Waals surface area (Å²) in [7, 11) is 0. The number of carbonyl (C=O) groups is 1. The molecule has 2 heteroatoms. The standard InChI is InChI=1S/C20H20O2/c21-19(22)20-11-16-8-13-4-2-1-3-12(13)7-15(16)10-18(20)14-5-6-17(20)9-14/h1-6,11,14-15,17-18H,7-10H2,(H,21,22). The van der Waals surface area contributed by atoms with Gasteiger partial charge in [0, 0.05) is 0 Å². The van der Waals surface area contributed by atoms with E-state index in [2.05, 4.69) is 42.5 Å². The van der Waals surface area contributed by atoms with Crippen molar-refractivity contribution in [2.75, 3.05) is 0 Å². The van der Waals surface area contributed by atoms with E-state index in [9.17, 15) is 9.90 Å². The highest BCUT2D eigenvalue weighted by atomic mass is 16.4. The Hall–Kier alpha value is -1.83. The maximum absolute atomic E-state index is 12.2. The van der Waals surface area contributed by atoms with Crippen LogP contribution in [0.1, 0.15) is 24.0 Å². The topological polar surface area (TPSA) is 37.3 Å². The van der Waals surface area contributed by atoms with Gasteiger partial charge in [-0.2, -0.15) is 0 Å². The number of benzene rings is 1. The molecular weight excluding hydrogens is 272 g/mol. The molecule has 1 N–H and O–H groups in total. The molecule has 0 aliphatic heterocycles. The highest BCUT2D eigenvalue weighted by Crippen LogP contribution is 2.62. The van der Waals surface area contributed by atoms with Gasteiger partial charge in [-0.15, -0.1) is 0 Å². The number of allylic oxidation sites excluding steroid dienone is 3. The second-order valence-corrected chi connectivity index (χ2v) is 7.54. The van der Waals surface area contributed by atoms with Crippen LogP contribution in [0.3, 0.4) is 0 Å². The van der Waals surface area contributed by atoms with Crippen LogP contribution in [0, 0.1) is 29.1 Å². The molecule has 0 saturated heterocycles. The maximum atomic E-state index is 12.2. The molecule has 22 heavy (non-hydrogen) atoms. The van der Waals surface area contributed by atoms with E-state index >= 15 is 0 Å². The van der Waals surface area contributed by atoms with Crippen molar-refractivity contribution in [3.8, 4) is 0 Å². The Balaban J connectivity index is 1.63. The summed E-state index contributed by atoms with van der Waals surface area (Å²) in [5, 5.41) is 10.0. The number of hydrogen-bond donors (Lipinski definition) is 1. The molecule has 0 aromatic heterocycles. The number of hydrogen-bond acceptors (Lipinski definition) is 1. The van der Waals surface area contributed by atoms with Gasteiger partial charge in [0.15, 0.2) is 0 Å². The zero-order valence-corrected chi connectivity index (χ0v) is 12.5.